The number of hydrogen-bond acceptors (Lipinski definition) is 3. The number of furan rings is 1. The van der Waals surface area contributed by atoms with Crippen LogP contribution < -0.4 is 10.6 Å². The number of halogens is 1. The van der Waals surface area contributed by atoms with Crippen molar-refractivity contribution in [1.29, 1.82) is 0 Å². The Balaban J connectivity index is 0.00000288. The third-order valence-electron chi connectivity index (χ3n) is 4.80. The minimum absolute atomic E-state index is 0. The smallest absolute Gasteiger partial charge is 0.191 e. The van der Waals surface area contributed by atoms with Crippen LogP contribution in [0.25, 0.3) is 0 Å². The van der Waals surface area contributed by atoms with Gasteiger partial charge in [0.05, 0.1) is 6.26 Å². The van der Waals surface area contributed by atoms with Crippen molar-refractivity contribution in [3.8, 4) is 0 Å². The lowest BCUT2D eigenvalue weighted by molar-refractivity contribution is 0.171. The van der Waals surface area contributed by atoms with Gasteiger partial charge in [0.1, 0.15) is 5.76 Å². The summed E-state index contributed by atoms with van der Waals surface area (Å²) in [5.41, 5.74) is 0. The molecule has 0 bridgehead atoms. The third-order valence-corrected chi connectivity index (χ3v) is 4.80. The van der Waals surface area contributed by atoms with Gasteiger partial charge in [0.15, 0.2) is 5.96 Å². The number of rotatable bonds is 7. The normalized spacial score (nSPS) is 17.4. The van der Waals surface area contributed by atoms with E-state index >= 15 is 0 Å². The Morgan fingerprint density at radius 1 is 1.29 bits per heavy atom. The molecule has 2 rings (SSSR count). The van der Waals surface area contributed by atoms with Crippen molar-refractivity contribution < 1.29 is 4.42 Å². The van der Waals surface area contributed by atoms with Crippen molar-refractivity contribution in [2.24, 2.45) is 10.9 Å². The van der Waals surface area contributed by atoms with Crippen LogP contribution in [0.3, 0.4) is 0 Å². The Hall–Kier alpha value is -0.760. The van der Waals surface area contributed by atoms with E-state index in [1.165, 1.54) is 32.1 Å². The van der Waals surface area contributed by atoms with Gasteiger partial charge >= 0.3 is 0 Å². The molecule has 0 amide bonds. The standard InChI is InChI=1S/C18H32N4O.HI/c1-19-18(20-12-11-16-10-7-13-23-16)21-14-17(22(2)3)15-8-5-4-6-9-15;/h7,10,13,15,17H,4-6,8-9,11-12,14H2,1-3H3,(H2,19,20,21);1H. The van der Waals surface area contributed by atoms with Crippen molar-refractivity contribution in [3.63, 3.8) is 0 Å². The van der Waals surface area contributed by atoms with Crippen LogP contribution in [-0.4, -0.2) is 51.1 Å². The van der Waals surface area contributed by atoms with E-state index in [2.05, 4.69) is 34.6 Å². The topological polar surface area (TPSA) is 52.8 Å². The zero-order valence-corrected chi connectivity index (χ0v) is 17.6. The summed E-state index contributed by atoms with van der Waals surface area (Å²) in [5.74, 6) is 2.67. The molecule has 2 N–H and O–H groups in total. The van der Waals surface area contributed by atoms with Crippen molar-refractivity contribution >= 4 is 29.9 Å². The molecule has 138 valence electrons. The lowest BCUT2D eigenvalue weighted by Crippen LogP contribution is -2.48. The molecule has 1 aromatic heterocycles. The maximum Gasteiger partial charge on any atom is 0.191 e. The quantitative estimate of drug-likeness (QED) is 0.383. The van der Waals surface area contributed by atoms with Gasteiger partial charge in [-0.3, -0.25) is 4.99 Å². The summed E-state index contributed by atoms with van der Waals surface area (Å²) in [6, 6.07) is 4.50. The van der Waals surface area contributed by atoms with Gasteiger partial charge < -0.3 is 20.0 Å². The van der Waals surface area contributed by atoms with Gasteiger partial charge in [-0.1, -0.05) is 19.3 Å². The second-order valence-electron chi connectivity index (χ2n) is 6.64. The third kappa shape index (κ3) is 7.01. The molecule has 1 atom stereocenters. The van der Waals surface area contributed by atoms with Crippen LogP contribution >= 0.6 is 24.0 Å². The molecule has 1 saturated carbocycles. The lowest BCUT2D eigenvalue weighted by Gasteiger charge is -2.35. The molecule has 1 heterocycles. The van der Waals surface area contributed by atoms with E-state index in [9.17, 15) is 0 Å². The Labute approximate surface area is 163 Å². The van der Waals surface area contributed by atoms with Gasteiger partial charge in [-0.05, 0) is 45.0 Å². The molecule has 0 saturated heterocycles. The fourth-order valence-corrected chi connectivity index (χ4v) is 3.47. The average Bonchev–Trinajstić information content (AvgIpc) is 3.07. The first-order chi connectivity index (χ1) is 11.2. The van der Waals surface area contributed by atoms with Gasteiger partial charge in [0, 0.05) is 32.6 Å². The highest BCUT2D eigenvalue weighted by molar-refractivity contribution is 14.0. The highest BCUT2D eigenvalue weighted by Gasteiger charge is 2.25. The molecule has 0 spiro atoms. The summed E-state index contributed by atoms with van der Waals surface area (Å²) in [6.07, 6.45) is 9.46. The molecule has 1 aliphatic rings. The number of aliphatic imine (C=N–C) groups is 1. The largest absolute Gasteiger partial charge is 0.469 e. The summed E-state index contributed by atoms with van der Waals surface area (Å²) in [6.45, 7) is 1.77. The lowest BCUT2D eigenvalue weighted by atomic mass is 9.83. The van der Waals surface area contributed by atoms with Gasteiger partial charge in [-0.25, -0.2) is 0 Å². The zero-order valence-electron chi connectivity index (χ0n) is 15.3. The van der Waals surface area contributed by atoms with Crippen LogP contribution in [0.2, 0.25) is 0 Å². The van der Waals surface area contributed by atoms with Crippen molar-refractivity contribution in [1.82, 2.24) is 15.5 Å². The van der Waals surface area contributed by atoms with Gasteiger partial charge in [-0.2, -0.15) is 0 Å². The minimum Gasteiger partial charge on any atom is -0.469 e. The number of guanidine groups is 1. The molecule has 1 aliphatic carbocycles. The summed E-state index contributed by atoms with van der Waals surface area (Å²) < 4.78 is 5.35. The van der Waals surface area contributed by atoms with E-state index in [0.717, 1.165) is 37.1 Å². The van der Waals surface area contributed by atoms with Crippen molar-refractivity contribution in [2.75, 3.05) is 34.2 Å². The molecule has 0 aromatic carbocycles. The van der Waals surface area contributed by atoms with E-state index in [1.54, 1.807) is 6.26 Å². The summed E-state index contributed by atoms with van der Waals surface area (Å²) in [7, 11) is 6.20. The van der Waals surface area contributed by atoms with Crippen LogP contribution in [0, 0.1) is 5.92 Å². The average molecular weight is 448 g/mol. The molecule has 5 nitrogen and oxygen atoms in total. The van der Waals surface area contributed by atoms with Crippen molar-refractivity contribution in [3.05, 3.63) is 24.2 Å². The Morgan fingerprint density at radius 3 is 2.62 bits per heavy atom. The van der Waals surface area contributed by atoms with Gasteiger partial charge in [0.2, 0.25) is 0 Å². The minimum atomic E-state index is 0. The van der Waals surface area contributed by atoms with Crippen molar-refractivity contribution in [2.45, 2.75) is 44.6 Å². The molecule has 0 radical (unpaired) electrons. The molecule has 1 unspecified atom stereocenters. The first-order valence-electron chi connectivity index (χ1n) is 8.84. The van der Waals surface area contributed by atoms with Gasteiger partial charge in [0.25, 0.3) is 0 Å². The highest BCUT2D eigenvalue weighted by Crippen LogP contribution is 2.27. The first-order valence-corrected chi connectivity index (χ1v) is 8.84. The summed E-state index contributed by atoms with van der Waals surface area (Å²) >= 11 is 0. The maximum absolute atomic E-state index is 5.35. The molecule has 6 heteroatoms. The molecular weight excluding hydrogens is 415 g/mol. The van der Waals surface area contributed by atoms with E-state index < -0.39 is 0 Å². The van der Waals surface area contributed by atoms with Crippen LogP contribution in [0.5, 0.6) is 0 Å². The first kappa shape index (κ1) is 21.3. The van der Waals surface area contributed by atoms with Crippen LogP contribution in [0.1, 0.15) is 37.9 Å². The van der Waals surface area contributed by atoms with Gasteiger partial charge in [-0.15, -0.1) is 24.0 Å². The predicted octanol–water partition coefficient (Wildman–Crippen LogP) is 3.12. The highest BCUT2D eigenvalue weighted by atomic mass is 127. The van der Waals surface area contributed by atoms with E-state index in [-0.39, 0.29) is 24.0 Å². The fourth-order valence-electron chi connectivity index (χ4n) is 3.47. The van der Waals surface area contributed by atoms with E-state index in [4.69, 9.17) is 4.42 Å². The number of nitrogens with zero attached hydrogens (tertiary/aromatic N) is 2. The summed E-state index contributed by atoms with van der Waals surface area (Å²) in [5, 5.41) is 6.86. The zero-order chi connectivity index (χ0) is 16.5. The van der Waals surface area contributed by atoms with Crippen LogP contribution in [-0.2, 0) is 6.42 Å². The van der Waals surface area contributed by atoms with Crippen LogP contribution in [0.15, 0.2) is 27.8 Å². The summed E-state index contributed by atoms with van der Waals surface area (Å²) in [4.78, 5) is 6.69. The Kier molecular flexibility index (Phi) is 10.4. The fraction of sp³-hybridized carbons (Fsp3) is 0.722. The predicted molar refractivity (Wildman–Crippen MR) is 111 cm³/mol. The molecule has 1 aromatic rings. The Bertz CT molecular complexity index is 456. The van der Waals surface area contributed by atoms with E-state index in [0.29, 0.717) is 6.04 Å². The van der Waals surface area contributed by atoms with Crippen LogP contribution in [0.4, 0.5) is 0 Å². The molecule has 24 heavy (non-hydrogen) atoms. The second-order valence-corrected chi connectivity index (χ2v) is 6.64. The SMILES string of the molecule is CN=C(NCCc1ccco1)NCC(C1CCCCC1)N(C)C.I. The molecule has 1 fully saturated rings. The number of nitrogens with one attached hydrogen (secondary N) is 2. The molecule has 0 aliphatic heterocycles. The maximum atomic E-state index is 5.35. The monoisotopic (exact) mass is 448 g/mol. The second kappa shape index (κ2) is 11.7. The Morgan fingerprint density at radius 2 is 2.04 bits per heavy atom. The number of likely N-dealkylation sites (N-methyl/N-ethyl adjacent to an activating group) is 1. The van der Waals surface area contributed by atoms with E-state index in [1.807, 2.05) is 19.2 Å². The number of hydrogen-bond donors (Lipinski definition) is 2. The molecular formula is C18H33IN4O.